The highest BCUT2D eigenvalue weighted by atomic mass is 32.1. The van der Waals surface area contributed by atoms with Crippen molar-refractivity contribution in [1.29, 1.82) is 0 Å². The molecular formula is C20H20N4O2S. The first-order chi connectivity index (χ1) is 13.1. The zero-order valence-corrected chi connectivity index (χ0v) is 15.5. The number of anilines is 1. The number of phenolic OH excluding ortho intramolecular Hbond substituents is 1. The number of piperazine rings is 1. The van der Waals surface area contributed by atoms with Gasteiger partial charge < -0.3 is 19.9 Å². The summed E-state index contributed by atoms with van der Waals surface area (Å²) in [5.74, 6) is 0.212. The van der Waals surface area contributed by atoms with Crippen molar-refractivity contribution < 1.29 is 9.90 Å². The molecule has 3 aromatic rings. The maximum absolute atomic E-state index is 13.1. The monoisotopic (exact) mass is 380 g/mol. The van der Waals surface area contributed by atoms with Gasteiger partial charge in [-0.1, -0.05) is 30.3 Å². The Morgan fingerprint density at radius 2 is 1.63 bits per heavy atom. The third-order valence-electron chi connectivity index (χ3n) is 4.80. The average molecular weight is 380 g/mol. The number of hydrogen-bond donors (Lipinski definition) is 2. The van der Waals surface area contributed by atoms with Crippen LogP contribution in [0.3, 0.4) is 0 Å². The van der Waals surface area contributed by atoms with Gasteiger partial charge in [-0.25, -0.2) is 0 Å². The molecule has 0 unspecified atom stereocenters. The zero-order valence-electron chi connectivity index (χ0n) is 14.7. The van der Waals surface area contributed by atoms with E-state index in [9.17, 15) is 9.90 Å². The molecule has 1 aliphatic rings. The zero-order chi connectivity index (χ0) is 18.8. The lowest BCUT2D eigenvalue weighted by molar-refractivity contribution is 0.0738. The van der Waals surface area contributed by atoms with Crippen molar-refractivity contribution in [1.82, 2.24) is 14.5 Å². The fraction of sp³-hybridized carbons (Fsp3) is 0.200. The molecule has 27 heavy (non-hydrogen) atoms. The van der Waals surface area contributed by atoms with E-state index in [1.54, 1.807) is 22.9 Å². The van der Waals surface area contributed by atoms with Crippen molar-refractivity contribution in [2.45, 2.75) is 0 Å². The number of aromatic hydroxyl groups is 1. The number of carbonyl (C=O) groups is 1. The van der Waals surface area contributed by atoms with E-state index in [1.165, 1.54) is 0 Å². The van der Waals surface area contributed by atoms with Gasteiger partial charge in [0.2, 0.25) is 0 Å². The Balaban J connectivity index is 1.53. The molecule has 1 saturated heterocycles. The fourth-order valence-electron chi connectivity index (χ4n) is 3.40. The molecule has 0 spiro atoms. The van der Waals surface area contributed by atoms with E-state index in [0.29, 0.717) is 36.6 Å². The molecule has 1 aromatic heterocycles. The number of nitrogens with zero attached hydrogens (tertiary/aromatic N) is 3. The molecule has 0 atom stereocenters. The quantitative estimate of drug-likeness (QED) is 0.685. The smallest absolute Gasteiger partial charge is 0.272 e. The number of carbonyl (C=O) groups excluding carboxylic acids is 1. The van der Waals surface area contributed by atoms with Gasteiger partial charge in [0, 0.05) is 38.1 Å². The number of aromatic nitrogens is 2. The van der Waals surface area contributed by atoms with Crippen LogP contribution in [0.1, 0.15) is 10.5 Å². The molecule has 1 amide bonds. The third kappa shape index (κ3) is 3.33. The van der Waals surface area contributed by atoms with Crippen molar-refractivity contribution in [2.75, 3.05) is 31.1 Å². The Morgan fingerprint density at radius 3 is 2.33 bits per heavy atom. The van der Waals surface area contributed by atoms with Crippen molar-refractivity contribution >= 4 is 23.8 Å². The second-order valence-electron chi connectivity index (χ2n) is 6.42. The first-order valence-electron chi connectivity index (χ1n) is 8.83. The van der Waals surface area contributed by atoms with Crippen molar-refractivity contribution in [3.05, 3.63) is 71.3 Å². The molecule has 2 aromatic carbocycles. The van der Waals surface area contributed by atoms with Crippen molar-refractivity contribution in [3.63, 3.8) is 0 Å². The Bertz CT molecular complexity index is 1000. The fourth-order valence-corrected chi connectivity index (χ4v) is 3.67. The second kappa shape index (κ2) is 7.28. The van der Waals surface area contributed by atoms with Crippen LogP contribution in [0.25, 0.3) is 5.69 Å². The summed E-state index contributed by atoms with van der Waals surface area (Å²) >= 11 is 5.37. The molecule has 7 heteroatoms. The lowest BCUT2D eigenvalue weighted by Crippen LogP contribution is -2.49. The highest BCUT2D eigenvalue weighted by molar-refractivity contribution is 7.71. The Hall–Kier alpha value is -3.06. The van der Waals surface area contributed by atoms with E-state index in [4.69, 9.17) is 12.2 Å². The number of amides is 1. The van der Waals surface area contributed by atoms with E-state index >= 15 is 0 Å². The van der Waals surface area contributed by atoms with Gasteiger partial charge >= 0.3 is 0 Å². The number of rotatable bonds is 3. The van der Waals surface area contributed by atoms with E-state index in [1.807, 2.05) is 47.4 Å². The second-order valence-corrected chi connectivity index (χ2v) is 6.80. The van der Waals surface area contributed by atoms with Crippen LogP contribution in [0, 0.1) is 4.77 Å². The molecule has 0 saturated carbocycles. The minimum Gasteiger partial charge on any atom is -0.506 e. The number of phenols is 1. The largest absolute Gasteiger partial charge is 0.506 e. The van der Waals surface area contributed by atoms with Gasteiger partial charge in [0.05, 0.1) is 5.69 Å². The van der Waals surface area contributed by atoms with Gasteiger partial charge in [0.15, 0.2) is 4.77 Å². The summed E-state index contributed by atoms with van der Waals surface area (Å²) < 4.78 is 2.27. The molecule has 0 aliphatic carbocycles. The van der Waals surface area contributed by atoms with Gasteiger partial charge in [-0.05, 0) is 36.5 Å². The number of para-hydroxylation sites is 3. The lowest BCUT2D eigenvalue weighted by atomic mass is 10.2. The summed E-state index contributed by atoms with van der Waals surface area (Å²) in [6, 6.07) is 16.9. The van der Waals surface area contributed by atoms with Crippen LogP contribution >= 0.6 is 12.2 Å². The number of nitrogens with one attached hydrogen (secondary N) is 1. The van der Waals surface area contributed by atoms with Crippen LogP contribution in [0.4, 0.5) is 5.69 Å². The molecule has 138 valence electrons. The Labute approximate surface area is 162 Å². The number of hydrogen-bond acceptors (Lipinski definition) is 4. The van der Waals surface area contributed by atoms with Crippen LogP contribution < -0.4 is 4.90 Å². The molecular weight excluding hydrogens is 360 g/mol. The SMILES string of the molecule is O=C(c1c[nH]c(=S)n1-c1ccccc1)N1CCN(c2ccccc2O)CC1. The standard InChI is InChI=1S/C20H20N4O2S/c25-18-9-5-4-8-16(18)22-10-12-23(13-11-22)19(26)17-14-21-20(27)24(17)15-6-2-1-3-7-15/h1-9,14,25H,10-13H2,(H,21,27). The molecule has 0 bridgehead atoms. The van der Waals surface area contributed by atoms with E-state index < -0.39 is 0 Å². The van der Waals surface area contributed by atoms with Gasteiger partial charge in [-0.2, -0.15) is 0 Å². The molecule has 1 fully saturated rings. The molecule has 1 aliphatic heterocycles. The van der Waals surface area contributed by atoms with E-state index in [-0.39, 0.29) is 11.7 Å². The van der Waals surface area contributed by atoms with Crippen LogP contribution in [0.2, 0.25) is 0 Å². The van der Waals surface area contributed by atoms with Crippen LogP contribution in [0.5, 0.6) is 5.75 Å². The minimum absolute atomic E-state index is 0.0527. The summed E-state index contributed by atoms with van der Waals surface area (Å²) in [4.78, 5) is 20.0. The molecule has 2 heterocycles. The summed E-state index contributed by atoms with van der Waals surface area (Å²) in [5, 5.41) is 10.0. The van der Waals surface area contributed by atoms with E-state index in [2.05, 4.69) is 9.88 Å². The van der Waals surface area contributed by atoms with Crippen molar-refractivity contribution in [2.24, 2.45) is 0 Å². The molecule has 2 N–H and O–H groups in total. The van der Waals surface area contributed by atoms with Gasteiger partial charge in [0.1, 0.15) is 11.4 Å². The van der Waals surface area contributed by atoms with Gasteiger partial charge in [-0.3, -0.25) is 9.36 Å². The summed E-state index contributed by atoms with van der Waals surface area (Å²) in [6.45, 7) is 2.50. The predicted octanol–water partition coefficient (Wildman–Crippen LogP) is 3.20. The van der Waals surface area contributed by atoms with Crippen molar-refractivity contribution in [3.8, 4) is 11.4 Å². The number of benzene rings is 2. The average Bonchev–Trinajstić information content (AvgIpc) is 3.10. The van der Waals surface area contributed by atoms with Gasteiger partial charge in [0.25, 0.3) is 5.91 Å². The maximum atomic E-state index is 13.1. The van der Waals surface area contributed by atoms with Crippen LogP contribution in [0.15, 0.2) is 60.8 Å². The normalized spacial score (nSPS) is 14.4. The number of imidazole rings is 1. The van der Waals surface area contributed by atoms with Crippen LogP contribution in [-0.2, 0) is 0 Å². The molecule has 6 nitrogen and oxygen atoms in total. The topological polar surface area (TPSA) is 64.5 Å². The summed E-state index contributed by atoms with van der Waals surface area (Å²) in [5.41, 5.74) is 2.19. The molecule has 0 radical (unpaired) electrons. The first kappa shape index (κ1) is 17.4. The highest BCUT2D eigenvalue weighted by Gasteiger charge is 2.26. The predicted molar refractivity (Wildman–Crippen MR) is 107 cm³/mol. The minimum atomic E-state index is -0.0527. The van der Waals surface area contributed by atoms with Crippen LogP contribution in [-0.4, -0.2) is 51.6 Å². The lowest BCUT2D eigenvalue weighted by Gasteiger charge is -2.36. The highest BCUT2D eigenvalue weighted by Crippen LogP contribution is 2.27. The Morgan fingerprint density at radius 1 is 0.963 bits per heavy atom. The number of H-pyrrole nitrogens is 1. The van der Waals surface area contributed by atoms with E-state index in [0.717, 1.165) is 11.4 Å². The third-order valence-corrected chi connectivity index (χ3v) is 5.10. The summed E-state index contributed by atoms with van der Waals surface area (Å²) in [6.07, 6.45) is 1.67. The van der Waals surface area contributed by atoms with Gasteiger partial charge in [-0.15, -0.1) is 0 Å². The maximum Gasteiger partial charge on any atom is 0.272 e. The summed E-state index contributed by atoms with van der Waals surface area (Å²) in [7, 11) is 0. The number of aromatic amines is 1. The Kier molecular flexibility index (Phi) is 4.68. The first-order valence-corrected chi connectivity index (χ1v) is 9.24. The molecule has 4 rings (SSSR count).